The topological polar surface area (TPSA) is 75.7 Å². The molecule has 1 aliphatic rings. The van der Waals surface area contributed by atoms with E-state index in [1.165, 1.54) is 0 Å². The molecule has 0 spiro atoms. The van der Waals surface area contributed by atoms with E-state index >= 15 is 0 Å². The van der Waals surface area contributed by atoms with Crippen LogP contribution in [0.25, 0.3) is 0 Å². The van der Waals surface area contributed by atoms with Crippen LogP contribution in [0, 0.1) is 13.8 Å². The van der Waals surface area contributed by atoms with Crippen LogP contribution in [0.2, 0.25) is 0 Å². The summed E-state index contributed by atoms with van der Waals surface area (Å²) in [5, 5.41) is 0. The minimum absolute atomic E-state index is 0.0476. The number of benzene rings is 2. The number of hydrogen-bond acceptors (Lipinski definition) is 4. The van der Waals surface area contributed by atoms with Crippen molar-refractivity contribution in [3.63, 3.8) is 0 Å². The highest BCUT2D eigenvalue weighted by molar-refractivity contribution is 7.92. The average Bonchev–Trinajstić information content (AvgIpc) is 3.16. The van der Waals surface area contributed by atoms with E-state index in [9.17, 15) is 13.2 Å². The van der Waals surface area contributed by atoms with Gasteiger partial charge in [0.05, 0.1) is 10.6 Å². The van der Waals surface area contributed by atoms with Gasteiger partial charge in [-0.05, 0) is 62.1 Å². The molecule has 6 nitrogen and oxygen atoms in total. The fourth-order valence-corrected chi connectivity index (χ4v) is 4.08. The molecule has 0 aliphatic carbocycles. The summed E-state index contributed by atoms with van der Waals surface area (Å²) in [6.45, 7) is 5.31. The monoisotopic (exact) mass is 388 g/mol. The summed E-state index contributed by atoms with van der Waals surface area (Å²) in [6.07, 6.45) is 2.06. The number of anilines is 1. The highest BCUT2D eigenvalue weighted by Gasteiger charge is 2.18. The number of nitrogens with one attached hydrogen (secondary N) is 1. The van der Waals surface area contributed by atoms with Gasteiger partial charge in [-0.2, -0.15) is 0 Å². The molecular weight excluding hydrogens is 364 g/mol. The molecule has 2 aromatic rings. The van der Waals surface area contributed by atoms with Gasteiger partial charge in [0.15, 0.2) is 6.61 Å². The molecule has 7 heteroatoms. The lowest BCUT2D eigenvalue weighted by Crippen LogP contribution is -2.32. The molecule has 27 heavy (non-hydrogen) atoms. The van der Waals surface area contributed by atoms with E-state index in [1.807, 2.05) is 13.8 Å². The average molecular weight is 388 g/mol. The fraction of sp³-hybridized carbons (Fsp3) is 0.350. The summed E-state index contributed by atoms with van der Waals surface area (Å²) in [7, 11) is -3.69. The smallest absolute Gasteiger partial charge is 0.261 e. The molecule has 0 radical (unpaired) electrons. The molecule has 1 amide bonds. The molecule has 1 saturated heterocycles. The third kappa shape index (κ3) is 4.80. The van der Waals surface area contributed by atoms with Crippen LogP contribution in [0.3, 0.4) is 0 Å². The molecule has 0 bridgehead atoms. The van der Waals surface area contributed by atoms with Crippen LogP contribution in [-0.4, -0.2) is 38.9 Å². The van der Waals surface area contributed by atoms with Gasteiger partial charge in [0, 0.05) is 19.2 Å². The van der Waals surface area contributed by atoms with Crippen LogP contribution in [0.4, 0.5) is 5.69 Å². The number of sulfonamides is 1. The fourth-order valence-electron chi connectivity index (χ4n) is 2.95. The SMILES string of the molecule is Cc1ccc(S(=O)(=O)Nc2cccc(OCC(=O)N3CCCC3)c2)cc1C. The Kier molecular flexibility index (Phi) is 5.70. The van der Waals surface area contributed by atoms with Crippen molar-refractivity contribution in [2.45, 2.75) is 31.6 Å². The van der Waals surface area contributed by atoms with Crippen molar-refractivity contribution in [2.75, 3.05) is 24.4 Å². The second-order valence-electron chi connectivity index (χ2n) is 6.76. The first-order valence-corrected chi connectivity index (χ1v) is 10.4. The Morgan fingerprint density at radius 1 is 1.07 bits per heavy atom. The van der Waals surface area contributed by atoms with Gasteiger partial charge >= 0.3 is 0 Å². The van der Waals surface area contributed by atoms with E-state index in [1.54, 1.807) is 47.4 Å². The molecule has 0 unspecified atom stereocenters. The summed E-state index contributed by atoms with van der Waals surface area (Å²) in [5.74, 6) is 0.399. The van der Waals surface area contributed by atoms with Crippen molar-refractivity contribution in [1.29, 1.82) is 0 Å². The number of rotatable bonds is 6. The van der Waals surface area contributed by atoms with Crippen molar-refractivity contribution in [3.8, 4) is 5.75 Å². The molecule has 144 valence electrons. The molecular formula is C20H24N2O4S. The van der Waals surface area contributed by atoms with Gasteiger partial charge in [-0.15, -0.1) is 0 Å². The molecule has 2 aromatic carbocycles. The van der Waals surface area contributed by atoms with E-state index in [4.69, 9.17) is 4.74 Å². The predicted octanol–water partition coefficient (Wildman–Crippen LogP) is 3.11. The number of carbonyl (C=O) groups is 1. The van der Waals surface area contributed by atoms with E-state index in [-0.39, 0.29) is 17.4 Å². The van der Waals surface area contributed by atoms with Gasteiger partial charge in [-0.3, -0.25) is 9.52 Å². The quantitative estimate of drug-likeness (QED) is 0.825. The van der Waals surface area contributed by atoms with Crippen LogP contribution in [0.1, 0.15) is 24.0 Å². The van der Waals surface area contributed by atoms with Crippen molar-refractivity contribution in [1.82, 2.24) is 4.90 Å². The van der Waals surface area contributed by atoms with E-state index in [0.29, 0.717) is 11.4 Å². The lowest BCUT2D eigenvalue weighted by molar-refractivity contribution is -0.132. The van der Waals surface area contributed by atoms with Gasteiger partial charge in [0.25, 0.3) is 15.9 Å². The van der Waals surface area contributed by atoms with Crippen LogP contribution < -0.4 is 9.46 Å². The van der Waals surface area contributed by atoms with E-state index in [2.05, 4.69) is 4.72 Å². The highest BCUT2D eigenvalue weighted by atomic mass is 32.2. The van der Waals surface area contributed by atoms with Gasteiger partial charge < -0.3 is 9.64 Å². The number of hydrogen-bond donors (Lipinski definition) is 1. The Labute approximate surface area is 160 Å². The largest absolute Gasteiger partial charge is 0.484 e. The third-order valence-corrected chi connectivity index (χ3v) is 6.07. The number of nitrogens with zero attached hydrogens (tertiary/aromatic N) is 1. The van der Waals surface area contributed by atoms with Gasteiger partial charge in [-0.25, -0.2) is 8.42 Å². The molecule has 3 rings (SSSR count). The normalized spacial score (nSPS) is 14.2. The Morgan fingerprint density at radius 2 is 1.81 bits per heavy atom. The zero-order valence-electron chi connectivity index (χ0n) is 15.6. The van der Waals surface area contributed by atoms with Crippen LogP contribution in [0.15, 0.2) is 47.4 Å². The van der Waals surface area contributed by atoms with Gasteiger partial charge in [0.1, 0.15) is 5.75 Å². The first-order chi connectivity index (χ1) is 12.8. The minimum atomic E-state index is -3.69. The van der Waals surface area contributed by atoms with E-state index in [0.717, 1.165) is 37.1 Å². The van der Waals surface area contributed by atoms with Gasteiger partial charge in [0.2, 0.25) is 0 Å². The van der Waals surface area contributed by atoms with Crippen molar-refractivity contribution in [2.24, 2.45) is 0 Å². The van der Waals surface area contributed by atoms with Crippen LogP contribution >= 0.6 is 0 Å². The first kappa shape index (κ1) is 19.2. The second-order valence-corrected chi connectivity index (χ2v) is 8.44. The van der Waals surface area contributed by atoms with Crippen molar-refractivity contribution >= 4 is 21.6 Å². The molecule has 1 fully saturated rings. The molecule has 1 heterocycles. The predicted molar refractivity (Wildman–Crippen MR) is 104 cm³/mol. The second kappa shape index (κ2) is 8.00. The first-order valence-electron chi connectivity index (χ1n) is 8.96. The van der Waals surface area contributed by atoms with E-state index < -0.39 is 10.0 Å². The number of carbonyl (C=O) groups excluding carboxylic acids is 1. The molecule has 1 N–H and O–H groups in total. The Balaban J connectivity index is 1.67. The lowest BCUT2D eigenvalue weighted by Gasteiger charge is -2.16. The molecule has 0 aromatic heterocycles. The summed E-state index contributed by atoms with van der Waals surface area (Å²) in [5.41, 5.74) is 2.33. The number of likely N-dealkylation sites (tertiary alicyclic amines) is 1. The zero-order chi connectivity index (χ0) is 19.4. The Bertz CT molecular complexity index is 935. The summed E-state index contributed by atoms with van der Waals surface area (Å²) >= 11 is 0. The Morgan fingerprint density at radius 3 is 2.52 bits per heavy atom. The lowest BCUT2D eigenvalue weighted by atomic mass is 10.1. The number of amides is 1. The zero-order valence-corrected chi connectivity index (χ0v) is 16.4. The summed E-state index contributed by atoms with van der Waals surface area (Å²) in [4.78, 5) is 14.1. The highest BCUT2D eigenvalue weighted by Crippen LogP contribution is 2.22. The van der Waals surface area contributed by atoms with Crippen molar-refractivity contribution < 1.29 is 17.9 Å². The van der Waals surface area contributed by atoms with Gasteiger partial charge in [-0.1, -0.05) is 12.1 Å². The van der Waals surface area contributed by atoms with Crippen LogP contribution in [0.5, 0.6) is 5.75 Å². The number of ether oxygens (including phenoxy) is 1. The maximum atomic E-state index is 12.6. The molecule has 1 aliphatic heterocycles. The van der Waals surface area contributed by atoms with Crippen molar-refractivity contribution in [3.05, 3.63) is 53.6 Å². The summed E-state index contributed by atoms with van der Waals surface area (Å²) in [6, 6.07) is 11.6. The molecule has 0 atom stereocenters. The minimum Gasteiger partial charge on any atom is -0.484 e. The maximum Gasteiger partial charge on any atom is 0.261 e. The summed E-state index contributed by atoms with van der Waals surface area (Å²) < 4.78 is 33.3. The Hall–Kier alpha value is -2.54. The number of aryl methyl sites for hydroxylation is 2. The standard InChI is InChI=1S/C20H24N2O4S/c1-15-8-9-19(12-16(15)2)27(24,25)21-17-6-5-7-18(13-17)26-14-20(23)22-10-3-4-11-22/h5-9,12-13,21H,3-4,10-11,14H2,1-2H3. The van der Waals surface area contributed by atoms with Crippen LogP contribution in [-0.2, 0) is 14.8 Å². The third-order valence-electron chi connectivity index (χ3n) is 4.70. The maximum absolute atomic E-state index is 12.6. The molecule has 0 saturated carbocycles.